The normalized spacial score (nSPS) is 14.9. The summed E-state index contributed by atoms with van der Waals surface area (Å²) in [6.07, 6.45) is 36.0. The highest BCUT2D eigenvalue weighted by Gasteiger charge is 2.16. The van der Waals surface area contributed by atoms with E-state index >= 15 is 0 Å². The minimum atomic E-state index is -0.0478. The first-order valence-corrected chi connectivity index (χ1v) is 20.9. The first kappa shape index (κ1) is 44.6. The quantitative estimate of drug-likeness (QED) is 0.0384. The van der Waals surface area contributed by atoms with Gasteiger partial charge in [-0.25, -0.2) is 0 Å². The zero-order valence-electron chi connectivity index (χ0n) is 32.3. The number of rotatable bonds is 34. The van der Waals surface area contributed by atoms with Gasteiger partial charge in [-0.05, 0) is 58.0 Å². The Kier molecular flexibility index (Phi) is 31.7. The van der Waals surface area contributed by atoms with Gasteiger partial charge in [-0.3, -0.25) is 9.59 Å². The molecule has 0 aliphatic carbocycles. The van der Waals surface area contributed by atoms with E-state index in [1.165, 1.54) is 155 Å². The number of hydrogen-bond donors (Lipinski definition) is 0. The van der Waals surface area contributed by atoms with Gasteiger partial charge in [0.1, 0.15) is 6.61 Å². The van der Waals surface area contributed by atoms with Crippen molar-refractivity contribution < 1.29 is 19.1 Å². The molecule has 0 radical (unpaired) electrons. The Labute approximate surface area is 298 Å². The summed E-state index contributed by atoms with van der Waals surface area (Å²) < 4.78 is 10.8. The summed E-state index contributed by atoms with van der Waals surface area (Å²) in [4.78, 5) is 29.2. The first-order valence-electron chi connectivity index (χ1n) is 20.9. The number of nitrogens with zero attached hydrogens (tertiary/aromatic N) is 2. The van der Waals surface area contributed by atoms with Crippen molar-refractivity contribution in [1.29, 1.82) is 0 Å². The maximum atomic E-state index is 12.1. The summed E-state index contributed by atoms with van der Waals surface area (Å²) in [6, 6.07) is 0. The van der Waals surface area contributed by atoms with Crippen LogP contribution in [0.5, 0.6) is 0 Å². The highest BCUT2D eigenvalue weighted by molar-refractivity contribution is 5.69. The fourth-order valence-corrected chi connectivity index (χ4v) is 6.74. The van der Waals surface area contributed by atoms with Crippen molar-refractivity contribution in [2.45, 2.75) is 187 Å². The molecule has 6 nitrogen and oxygen atoms in total. The molecule has 0 saturated carbocycles. The van der Waals surface area contributed by atoms with E-state index < -0.39 is 0 Å². The fourth-order valence-electron chi connectivity index (χ4n) is 6.74. The predicted molar refractivity (Wildman–Crippen MR) is 204 cm³/mol. The van der Waals surface area contributed by atoms with E-state index in [4.69, 9.17) is 9.47 Å². The van der Waals surface area contributed by atoms with Gasteiger partial charge in [0.05, 0.1) is 6.61 Å². The van der Waals surface area contributed by atoms with Gasteiger partial charge in [0.15, 0.2) is 0 Å². The second kappa shape index (κ2) is 34.1. The smallest absolute Gasteiger partial charge is 0.306 e. The second-order valence-corrected chi connectivity index (χ2v) is 14.8. The molecule has 1 saturated heterocycles. The van der Waals surface area contributed by atoms with Gasteiger partial charge in [-0.15, -0.1) is 0 Å². The van der Waals surface area contributed by atoms with Gasteiger partial charge in [-0.1, -0.05) is 148 Å². The molecule has 0 spiro atoms. The Hall–Kier alpha value is -1.40. The summed E-state index contributed by atoms with van der Waals surface area (Å²) >= 11 is 0. The van der Waals surface area contributed by atoms with Crippen LogP contribution in [0.25, 0.3) is 0 Å². The standard InChI is InChI=1S/C42H80N2O4/c1-4-6-8-10-12-20-26-38-47-41(45)30-24-18-14-16-22-28-40(32-33-44-36-34-43(3)35-37-44)29-23-17-15-19-25-31-42(46)48-39-27-21-13-11-9-7-5-2/h20,26,40H,4-19,21-25,27-39H2,1-3H3/b26-20+. The van der Waals surface area contributed by atoms with Crippen LogP contribution in [0, 0.1) is 5.92 Å². The molecular weight excluding hydrogens is 596 g/mol. The molecule has 282 valence electrons. The van der Waals surface area contributed by atoms with Crippen molar-refractivity contribution in [1.82, 2.24) is 9.80 Å². The molecule has 0 aromatic rings. The SMILES string of the molecule is CCCCCC/C=C/COC(=O)CCCCCCCC(CCCCCCCC(=O)OCCCCCCCCC)CCN1CCN(C)CC1. The topological polar surface area (TPSA) is 59.1 Å². The molecule has 1 aliphatic rings. The van der Waals surface area contributed by atoms with E-state index in [0.717, 1.165) is 44.4 Å². The lowest BCUT2D eigenvalue weighted by atomic mass is 9.91. The number of allylic oxidation sites excluding steroid dienone is 1. The molecule has 1 aliphatic heterocycles. The van der Waals surface area contributed by atoms with Crippen LogP contribution in [0.15, 0.2) is 12.2 Å². The molecule has 1 atom stereocenters. The minimum Gasteiger partial charge on any atom is -0.466 e. The van der Waals surface area contributed by atoms with Crippen molar-refractivity contribution in [2.24, 2.45) is 5.92 Å². The third-order valence-electron chi connectivity index (χ3n) is 10.2. The monoisotopic (exact) mass is 677 g/mol. The predicted octanol–water partition coefficient (Wildman–Crippen LogP) is 11.1. The van der Waals surface area contributed by atoms with Gasteiger partial charge in [0.2, 0.25) is 0 Å². The highest BCUT2D eigenvalue weighted by atomic mass is 16.5. The molecule has 0 aromatic carbocycles. The zero-order valence-corrected chi connectivity index (χ0v) is 32.3. The van der Waals surface area contributed by atoms with Gasteiger partial charge in [0, 0.05) is 39.0 Å². The average molecular weight is 677 g/mol. The first-order chi connectivity index (χ1) is 23.5. The van der Waals surface area contributed by atoms with E-state index in [0.29, 0.717) is 26.1 Å². The Morgan fingerprint density at radius 2 is 1.06 bits per heavy atom. The number of unbranched alkanes of at least 4 members (excludes halogenated alkanes) is 18. The van der Waals surface area contributed by atoms with Crippen molar-refractivity contribution in [2.75, 3.05) is 53.0 Å². The van der Waals surface area contributed by atoms with E-state index in [1.54, 1.807) is 0 Å². The summed E-state index contributed by atoms with van der Waals surface area (Å²) in [5.74, 6) is 0.774. The van der Waals surface area contributed by atoms with Crippen molar-refractivity contribution in [3.8, 4) is 0 Å². The molecular formula is C42H80N2O4. The Morgan fingerprint density at radius 3 is 1.67 bits per heavy atom. The summed E-state index contributed by atoms with van der Waals surface area (Å²) in [6.45, 7) is 11.6. The fraction of sp³-hybridized carbons (Fsp3) is 0.905. The number of carbonyl (C=O) groups excluding carboxylic acids is 2. The lowest BCUT2D eigenvalue weighted by molar-refractivity contribution is -0.144. The van der Waals surface area contributed by atoms with E-state index in [9.17, 15) is 9.59 Å². The van der Waals surface area contributed by atoms with Crippen LogP contribution >= 0.6 is 0 Å². The molecule has 0 amide bonds. The number of carbonyl (C=O) groups is 2. The Morgan fingerprint density at radius 1 is 0.562 bits per heavy atom. The van der Waals surface area contributed by atoms with Crippen LogP contribution in [0.2, 0.25) is 0 Å². The van der Waals surface area contributed by atoms with Gasteiger partial charge in [0.25, 0.3) is 0 Å². The Balaban J connectivity index is 2.13. The third kappa shape index (κ3) is 29.5. The van der Waals surface area contributed by atoms with E-state index in [-0.39, 0.29) is 11.9 Å². The van der Waals surface area contributed by atoms with E-state index in [2.05, 4.69) is 36.8 Å². The molecule has 1 unspecified atom stereocenters. The molecule has 1 fully saturated rings. The van der Waals surface area contributed by atoms with Crippen molar-refractivity contribution >= 4 is 11.9 Å². The van der Waals surface area contributed by atoms with Crippen molar-refractivity contribution in [3.05, 3.63) is 12.2 Å². The third-order valence-corrected chi connectivity index (χ3v) is 10.2. The molecule has 1 rings (SSSR count). The van der Waals surface area contributed by atoms with Crippen LogP contribution in [0.4, 0.5) is 0 Å². The molecule has 0 aromatic heterocycles. The average Bonchev–Trinajstić information content (AvgIpc) is 3.08. The van der Waals surface area contributed by atoms with Gasteiger partial charge < -0.3 is 19.3 Å². The van der Waals surface area contributed by atoms with Gasteiger partial charge in [-0.2, -0.15) is 0 Å². The molecule has 0 N–H and O–H groups in total. The molecule has 1 heterocycles. The number of hydrogen-bond acceptors (Lipinski definition) is 6. The summed E-state index contributed by atoms with van der Waals surface area (Å²) in [5.41, 5.74) is 0. The minimum absolute atomic E-state index is 0.00103. The van der Waals surface area contributed by atoms with Crippen LogP contribution < -0.4 is 0 Å². The number of ether oxygens (including phenoxy) is 2. The Bertz CT molecular complexity index is 750. The van der Waals surface area contributed by atoms with Crippen LogP contribution in [-0.4, -0.2) is 74.7 Å². The van der Waals surface area contributed by atoms with Crippen LogP contribution in [0.3, 0.4) is 0 Å². The number of piperazine rings is 1. The largest absolute Gasteiger partial charge is 0.466 e. The molecule has 0 bridgehead atoms. The molecule has 6 heteroatoms. The maximum absolute atomic E-state index is 12.1. The number of esters is 2. The summed E-state index contributed by atoms with van der Waals surface area (Å²) in [7, 11) is 2.23. The maximum Gasteiger partial charge on any atom is 0.306 e. The molecule has 48 heavy (non-hydrogen) atoms. The second-order valence-electron chi connectivity index (χ2n) is 14.8. The zero-order chi connectivity index (χ0) is 34.8. The van der Waals surface area contributed by atoms with Crippen LogP contribution in [-0.2, 0) is 19.1 Å². The lowest BCUT2D eigenvalue weighted by Gasteiger charge is -2.33. The summed E-state index contributed by atoms with van der Waals surface area (Å²) in [5, 5.41) is 0. The van der Waals surface area contributed by atoms with Crippen LogP contribution in [0.1, 0.15) is 187 Å². The van der Waals surface area contributed by atoms with E-state index in [1.807, 2.05) is 6.08 Å². The number of likely N-dealkylation sites (N-methyl/N-ethyl adjacent to an activating group) is 1. The highest BCUT2D eigenvalue weighted by Crippen LogP contribution is 2.23. The van der Waals surface area contributed by atoms with Crippen molar-refractivity contribution in [3.63, 3.8) is 0 Å². The van der Waals surface area contributed by atoms with Gasteiger partial charge >= 0.3 is 11.9 Å². The lowest BCUT2D eigenvalue weighted by Crippen LogP contribution is -2.44.